The number of carbonyl (C=O) groups is 1. The predicted molar refractivity (Wildman–Crippen MR) is 89.0 cm³/mol. The van der Waals surface area contributed by atoms with E-state index >= 15 is 0 Å². The van der Waals surface area contributed by atoms with Crippen LogP contribution in [0.25, 0.3) is 6.08 Å². The average Bonchev–Trinajstić information content (AvgIpc) is 2.58. The molecule has 0 heterocycles. The van der Waals surface area contributed by atoms with E-state index in [0.717, 1.165) is 29.7 Å². The highest BCUT2D eigenvalue weighted by molar-refractivity contribution is 6.02. The molecule has 22 heavy (non-hydrogen) atoms. The van der Waals surface area contributed by atoms with Gasteiger partial charge in [0.05, 0.1) is 7.11 Å². The van der Waals surface area contributed by atoms with Crippen molar-refractivity contribution in [1.29, 1.82) is 0 Å². The SMILES string of the molecule is COc1ccccc1C=C1C(=O)CCCC1c1ccccc1. The van der Waals surface area contributed by atoms with Gasteiger partial charge in [0, 0.05) is 23.5 Å². The summed E-state index contributed by atoms with van der Waals surface area (Å²) in [6.07, 6.45) is 4.64. The minimum atomic E-state index is 0.187. The minimum Gasteiger partial charge on any atom is -0.496 e. The van der Waals surface area contributed by atoms with Crippen LogP contribution in [0.3, 0.4) is 0 Å². The van der Waals surface area contributed by atoms with E-state index in [1.165, 1.54) is 5.56 Å². The van der Waals surface area contributed by atoms with Gasteiger partial charge in [-0.2, -0.15) is 0 Å². The number of ketones is 1. The van der Waals surface area contributed by atoms with Gasteiger partial charge in [-0.3, -0.25) is 4.79 Å². The van der Waals surface area contributed by atoms with Crippen LogP contribution in [-0.4, -0.2) is 12.9 Å². The van der Waals surface area contributed by atoms with Crippen LogP contribution in [0.15, 0.2) is 60.2 Å². The van der Waals surface area contributed by atoms with Crippen LogP contribution in [0.1, 0.15) is 36.3 Å². The van der Waals surface area contributed by atoms with Gasteiger partial charge in [-0.05, 0) is 30.5 Å². The molecule has 112 valence electrons. The van der Waals surface area contributed by atoms with Crippen molar-refractivity contribution in [3.63, 3.8) is 0 Å². The van der Waals surface area contributed by atoms with Crippen molar-refractivity contribution in [2.75, 3.05) is 7.11 Å². The number of para-hydroxylation sites is 1. The summed E-state index contributed by atoms with van der Waals surface area (Å²) in [5.41, 5.74) is 3.09. The topological polar surface area (TPSA) is 26.3 Å². The molecule has 1 saturated carbocycles. The van der Waals surface area contributed by atoms with Crippen molar-refractivity contribution in [2.24, 2.45) is 0 Å². The summed E-state index contributed by atoms with van der Waals surface area (Å²) in [7, 11) is 1.66. The molecule has 0 N–H and O–H groups in total. The third-order valence-electron chi connectivity index (χ3n) is 4.25. The second-order valence-electron chi connectivity index (χ2n) is 5.62. The van der Waals surface area contributed by atoms with Crippen LogP contribution in [0.4, 0.5) is 0 Å². The molecule has 0 bridgehead atoms. The highest BCUT2D eigenvalue weighted by Crippen LogP contribution is 2.37. The fourth-order valence-corrected chi connectivity index (χ4v) is 3.13. The number of ether oxygens (including phenoxy) is 1. The van der Waals surface area contributed by atoms with E-state index in [2.05, 4.69) is 12.1 Å². The molecule has 3 rings (SSSR count). The standard InChI is InChI=1S/C20H20O2/c1-22-20-13-6-5-10-16(20)14-18-17(11-7-12-19(18)21)15-8-3-2-4-9-15/h2-6,8-10,13-14,17H,7,11-12H2,1H3. The van der Waals surface area contributed by atoms with E-state index in [1.54, 1.807) is 7.11 Å². The Balaban J connectivity index is 2.03. The van der Waals surface area contributed by atoms with Gasteiger partial charge in [0.2, 0.25) is 0 Å². The predicted octanol–water partition coefficient (Wildman–Crippen LogP) is 4.62. The first kappa shape index (κ1) is 14.6. The first-order chi connectivity index (χ1) is 10.8. The Bertz CT molecular complexity index is 686. The van der Waals surface area contributed by atoms with E-state index in [9.17, 15) is 4.79 Å². The monoisotopic (exact) mass is 292 g/mol. The third kappa shape index (κ3) is 2.96. The molecule has 2 aromatic carbocycles. The molecular weight excluding hydrogens is 272 g/mol. The summed E-state index contributed by atoms with van der Waals surface area (Å²) in [6, 6.07) is 18.1. The Morgan fingerprint density at radius 1 is 1.05 bits per heavy atom. The third-order valence-corrected chi connectivity index (χ3v) is 4.25. The van der Waals surface area contributed by atoms with E-state index in [-0.39, 0.29) is 11.7 Å². The molecule has 2 aromatic rings. The van der Waals surface area contributed by atoms with Crippen LogP contribution in [0.5, 0.6) is 5.75 Å². The number of carbonyl (C=O) groups excluding carboxylic acids is 1. The summed E-state index contributed by atoms with van der Waals surface area (Å²) >= 11 is 0. The number of rotatable bonds is 3. The molecule has 0 saturated heterocycles. The normalized spacial score (nSPS) is 20.1. The molecule has 0 amide bonds. The van der Waals surface area contributed by atoms with Gasteiger partial charge in [-0.15, -0.1) is 0 Å². The Morgan fingerprint density at radius 2 is 1.77 bits per heavy atom. The van der Waals surface area contributed by atoms with E-state index in [0.29, 0.717) is 6.42 Å². The zero-order valence-electron chi connectivity index (χ0n) is 12.8. The van der Waals surface area contributed by atoms with Crippen molar-refractivity contribution in [3.05, 3.63) is 71.3 Å². The van der Waals surface area contributed by atoms with Gasteiger partial charge < -0.3 is 4.74 Å². The Hall–Kier alpha value is -2.35. The highest BCUT2D eigenvalue weighted by Gasteiger charge is 2.27. The zero-order chi connectivity index (χ0) is 15.4. The van der Waals surface area contributed by atoms with Crippen molar-refractivity contribution in [1.82, 2.24) is 0 Å². The summed E-state index contributed by atoms with van der Waals surface area (Å²) in [5.74, 6) is 1.25. The molecule has 0 spiro atoms. The van der Waals surface area contributed by atoms with Gasteiger partial charge in [-0.25, -0.2) is 0 Å². The van der Waals surface area contributed by atoms with E-state index in [4.69, 9.17) is 4.74 Å². The number of Topliss-reactive ketones (excluding diaryl/α,β-unsaturated/α-hetero) is 1. The van der Waals surface area contributed by atoms with Gasteiger partial charge in [0.1, 0.15) is 5.75 Å². The van der Waals surface area contributed by atoms with Crippen LogP contribution in [-0.2, 0) is 4.79 Å². The van der Waals surface area contributed by atoms with Crippen molar-refractivity contribution < 1.29 is 9.53 Å². The summed E-state index contributed by atoms with van der Waals surface area (Å²) < 4.78 is 5.41. The lowest BCUT2D eigenvalue weighted by atomic mass is 9.78. The van der Waals surface area contributed by atoms with Gasteiger partial charge in [0.25, 0.3) is 0 Å². The minimum absolute atomic E-state index is 0.187. The molecule has 0 aliphatic heterocycles. The molecule has 1 fully saturated rings. The van der Waals surface area contributed by atoms with Crippen molar-refractivity contribution in [3.8, 4) is 5.75 Å². The number of hydrogen-bond donors (Lipinski definition) is 0. The molecule has 1 aliphatic rings. The van der Waals surface area contributed by atoms with E-state index < -0.39 is 0 Å². The zero-order valence-corrected chi connectivity index (χ0v) is 12.8. The fourth-order valence-electron chi connectivity index (χ4n) is 3.13. The van der Waals surface area contributed by atoms with Crippen molar-refractivity contribution in [2.45, 2.75) is 25.2 Å². The Kier molecular flexibility index (Phi) is 4.38. The number of allylic oxidation sites excluding steroid dienone is 1. The molecule has 1 aliphatic carbocycles. The maximum Gasteiger partial charge on any atom is 0.159 e. The number of benzene rings is 2. The first-order valence-corrected chi connectivity index (χ1v) is 7.72. The number of methoxy groups -OCH3 is 1. The second kappa shape index (κ2) is 6.61. The Labute approximate surface area is 131 Å². The lowest BCUT2D eigenvalue weighted by molar-refractivity contribution is -0.116. The molecule has 0 aromatic heterocycles. The molecule has 0 radical (unpaired) electrons. The number of hydrogen-bond acceptors (Lipinski definition) is 2. The van der Waals surface area contributed by atoms with Crippen LogP contribution < -0.4 is 4.74 Å². The summed E-state index contributed by atoms with van der Waals surface area (Å²) in [6.45, 7) is 0. The second-order valence-corrected chi connectivity index (χ2v) is 5.62. The lowest BCUT2D eigenvalue weighted by Gasteiger charge is -2.25. The van der Waals surface area contributed by atoms with Gasteiger partial charge >= 0.3 is 0 Å². The lowest BCUT2D eigenvalue weighted by Crippen LogP contribution is -2.17. The molecule has 2 nitrogen and oxygen atoms in total. The molecule has 1 atom stereocenters. The van der Waals surface area contributed by atoms with Crippen LogP contribution in [0, 0.1) is 0 Å². The maximum atomic E-state index is 12.5. The van der Waals surface area contributed by atoms with Crippen LogP contribution in [0.2, 0.25) is 0 Å². The fraction of sp³-hybridized carbons (Fsp3) is 0.250. The van der Waals surface area contributed by atoms with Gasteiger partial charge in [-0.1, -0.05) is 48.5 Å². The first-order valence-electron chi connectivity index (χ1n) is 7.72. The molecule has 2 heteroatoms. The van der Waals surface area contributed by atoms with Gasteiger partial charge in [0.15, 0.2) is 5.78 Å². The van der Waals surface area contributed by atoms with Crippen molar-refractivity contribution >= 4 is 11.9 Å². The summed E-state index contributed by atoms with van der Waals surface area (Å²) in [5, 5.41) is 0. The summed E-state index contributed by atoms with van der Waals surface area (Å²) in [4.78, 5) is 12.5. The largest absolute Gasteiger partial charge is 0.496 e. The Morgan fingerprint density at radius 3 is 2.55 bits per heavy atom. The smallest absolute Gasteiger partial charge is 0.159 e. The maximum absolute atomic E-state index is 12.5. The van der Waals surface area contributed by atoms with E-state index in [1.807, 2.05) is 48.5 Å². The quantitative estimate of drug-likeness (QED) is 0.772. The molecular formula is C20H20O2. The highest BCUT2D eigenvalue weighted by atomic mass is 16.5. The molecule has 1 unspecified atom stereocenters. The van der Waals surface area contributed by atoms with Crippen LogP contribution >= 0.6 is 0 Å². The average molecular weight is 292 g/mol.